The Hall–Kier alpha value is -7.07. The van der Waals surface area contributed by atoms with Crippen molar-refractivity contribution in [1.29, 1.82) is 5.26 Å². The summed E-state index contributed by atoms with van der Waals surface area (Å²) in [5.74, 6) is -3.63. The van der Waals surface area contributed by atoms with Crippen molar-refractivity contribution in [1.82, 2.24) is 14.8 Å². The number of aromatic nitrogens is 1. The second kappa shape index (κ2) is 20.2. The zero-order chi connectivity index (χ0) is 48.0. The Balaban J connectivity index is 1.03. The van der Waals surface area contributed by atoms with Gasteiger partial charge in [0.05, 0.1) is 42.0 Å². The second-order valence-corrected chi connectivity index (χ2v) is 19.5. The van der Waals surface area contributed by atoms with E-state index in [2.05, 4.69) is 16.4 Å². The number of ketones is 1. The van der Waals surface area contributed by atoms with Gasteiger partial charge in [-0.05, 0) is 114 Å². The van der Waals surface area contributed by atoms with E-state index < -0.39 is 47.1 Å². The van der Waals surface area contributed by atoms with E-state index in [-0.39, 0.29) is 42.8 Å². The number of hydrogen-bond acceptors (Lipinski definition) is 9. The van der Waals surface area contributed by atoms with E-state index >= 15 is 0 Å². The smallest absolute Gasteiger partial charge is 0.307 e. The van der Waals surface area contributed by atoms with Gasteiger partial charge in [-0.1, -0.05) is 78.9 Å². The topological polar surface area (TPSA) is 179 Å². The molecule has 13 heteroatoms. The number of anilines is 1. The molecular weight excluding hydrogens is 847 g/mol. The molecule has 5 aromatic rings. The molecule has 67 heavy (non-hydrogen) atoms. The maximum absolute atomic E-state index is 14.2. The van der Waals surface area contributed by atoms with Crippen molar-refractivity contribution in [3.8, 4) is 17.3 Å². The van der Waals surface area contributed by atoms with E-state index in [0.717, 1.165) is 0 Å². The van der Waals surface area contributed by atoms with Crippen molar-refractivity contribution in [3.63, 3.8) is 0 Å². The zero-order valence-corrected chi connectivity index (χ0v) is 39.1. The Kier molecular flexibility index (Phi) is 14.4. The van der Waals surface area contributed by atoms with Crippen LogP contribution in [0.15, 0.2) is 103 Å². The van der Waals surface area contributed by atoms with Crippen LogP contribution in [0.4, 0.5) is 5.69 Å². The molecule has 0 saturated carbocycles. The van der Waals surface area contributed by atoms with E-state index in [9.17, 15) is 34.0 Å². The molecule has 2 aliphatic rings. The minimum atomic E-state index is -0.809. The van der Waals surface area contributed by atoms with Crippen molar-refractivity contribution in [2.75, 3.05) is 18.4 Å². The number of nitrogens with one attached hydrogen (secondary N) is 2. The predicted octanol–water partition coefficient (Wildman–Crippen LogP) is 8.77. The van der Waals surface area contributed by atoms with E-state index in [1.165, 1.54) is 0 Å². The number of Topliss-reactive ketones (excluding diaryl/α,β-unsaturated/α-hetero) is 1. The Morgan fingerprint density at radius 2 is 1.21 bits per heavy atom. The molecular formula is C54H59N5O8. The van der Waals surface area contributed by atoms with E-state index in [1.54, 1.807) is 87.7 Å². The summed E-state index contributed by atoms with van der Waals surface area (Å²) in [4.78, 5) is 88.5. The van der Waals surface area contributed by atoms with Crippen molar-refractivity contribution < 1.29 is 38.2 Å². The average molecular weight is 906 g/mol. The van der Waals surface area contributed by atoms with E-state index in [0.29, 0.717) is 88.9 Å². The first-order chi connectivity index (χ1) is 31.9. The molecule has 13 nitrogen and oxygen atoms in total. The van der Waals surface area contributed by atoms with Crippen LogP contribution < -0.4 is 5.32 Å². The largest absolute Gasteiger partial charge is 0.460 e. The monoisotopic (exact) mass is 905 g/mol. The van der Waals surface area contributed by atoms with E-state index in [1.807, 2.05) is 66.7 Å². The zero-order valence-electron chi connectivity index (χ0n) is 39.1. The molecule has 0 aliphatic carbocycles. The molecule has 4 atom stereocenters. The number of ether oxygens (including phenoxy) is 2. The van der Waals surface area contributed by atoms with Gasteiger partial charge in [-0.15, -0.1) is 0 Å². The summed E-state index contributed by atoms with van der Waals surface area (Å²) in [6.07, 6.45) is 2.03. The molecule has 2 saturated heterocycles. The van der Waals surface area contributed by atoms with Crippen LogP contribution in [0.25, 0.3) is 22.2 Å². The lowest BCUT2D eigenvalue weighted by molar-refractivity contribution is -0.158. The summed E-state index contributed by atoms with van der Waals surface area (Å²) in [6, 6.07) is 31.7. The van der Waals surface area contributed by atoms with Crippen LogP contribution in [-0.4, -0.2) is 86.6 Å². The molecule has 2 fully saturated rings. The number of aromatic amines is 1. The molecule has 2 N–H and O–H groups in total. The van der Waals surface area contributed by atoms with Crippen molar-refractivity contribution in [2.45, 2.75) is 122 Å². The summed E-state index contributed by atoms with van der Waals surface area (Å²) in [6.45, 7) is 11.5. The fraction of sp³-hybridized carbons (Fsp3) is 0.389. The minimum Gasteiger partial charge on any atom is -0.460 e. The first-order valence-corrected chi connectivity index (χ1v) is 23.0. The van der Waals surface area contributed by atoms with Gasteiger partial charge in [-0.25, -0.2) is 0 Å². The van der Waals surface area contributed by atoms with E-state index in [4.69, 9.17) is 9.47 Å². The van der Waals surface area contributed by atoms with Crippen LogP contribution in [0.1, 0.15) is 114 Å². The highest BCUT2D eigenvalue weighted by Crippen LogP contribution is 2.34. The normalized spacial score (nSPS) is 17.1. The number of hydrogen-bond donors (Lipinski definition) is 2. The lowest BCUT2D eigenvalue weighted by Gasteiger charge is -2.29. The van der Waals surface area contributed by atoms with Gasteiger partial charge in [0.1, 0.15) is 23.3 Å². The second-order valence-electron chi connectivity index (χ2n) is 19.5. The molecule has 3 heterocycles. The number of carbonyl (C=O) groups excluding carboxylic acids is 6. The Labute approximate surface area is 391 Å². The lowest BCUT2D eigenvalue weighted by Crippen LogP contribution is -2.45. The van der Waals surface area contributed by atoms with Crippen LogP contribution in [0.5, 0.6) is 0 Å². The number of carbonyl (C=O) groups is 6. The van der Waals surface area contributed by atoms with Gasteiger partial charge in [-0.3, -0.25) is 28.8 Å². The number of nitriles is 1. The van der Waals surface area contributed by atoms with Crippen LogP contribution in [-0.2, 0) is 44.7 Å². The van der Waals surface area contributed by atoms with Crippen molar-refractivity contribution in [3.05, 3.63) is 125 Å². The fourth-order valence-corrected chi connectivity index (χ4v) is 9.18. The first kappa shape index (κ1) is 47.9. The molecule has 348 valence electrons. The number of H-pyrrole nitrogens is 1. The average Bonchev–Trinajstić information content (AvgIpc) is 4.06. The summed E-state index contributed by atoms with van der Waals surface area (Å²) in [7, 11) is 0. The van der Waals surface area contributed by atoms with Crippen LogP contribution in [0.2, 0.25) is 0 Å². The molecule has 7 rings (SSSR count). The third kappa shape index (κ3) is 11.7. The number of amides is 3. The SMILES string of the molecule is CC(C)(C)OC(=O)C[C@@H](C(=O)N1CCC[C@H]1C(=O)Cc1ccc2[nH]c(-c3ccc(NC(=O)[C@@H]4CCCN4C(=O)[C@H](CC(=O)OC(C)(C)C)c4ccccc4)cc3)c(C#N)c2c1)c1ccccc1. The highest BCUT2D eigenvalue weighted by Gasteiger charge is 2.40. The fourth-order valence-electron chi connectivity index (χ4n) is 9.18. The number of benzene rings is 4. The van der Waals surface area contributed by atoms with Gasteiger partial charge in [0, 0.05) is 36.1 Å². The summed E-state index contributed by atoms with van der Waals surface area (Å²) >= 11 is 0. The molecule has 3 amide bonds. The third-order valence-corrected chi connectivity index (χ3v) is 12.1. The van der Waals surface area contributed by atoms with Gasteiger partial charge in [0.15, 0.2) is 5.78 Å². The Morgan fingerprint density at radius 3 is 1.72 bits per heavy atom. The Morgan fingerprint density at radius 1 is 0.701 bits per heavy atom. The van der Waals surface area contributed by atoms with Crippen LogP contribution in [0, 0.1) is 11.3 Å². The maximum Gasteiger partial charge on any atom is 0.307 e. The highest BCUT2D eigenvalue weighted by molar-refractivity contribution is 6.00. The molecule has 0 unspecified atom stereocenters. The number of rotatable bonds is 14. The summed E-state index contributed by atoms with van der Waals surface area (Å²) < 4.78 is 11.1. The highest BCUT2D eigenvalue weighted by atomic mass is 16.6. The standard InChI is InChI=1S/C54H59N5O8/c1-53(2,3)66-47(61)31-39(35-15-9-7-10-16-35)51(64)58-27-13-19-44(58)46(60)30-34-21-26-43-41(29-34)42(33-55)49(57-43)37-22-24-38(25-23-37)56-50(63)45-20-14-28-59(45)52(65)40(36-17-11-8-12-18-36)32-48(62)67-54(4,5)6/h7-12,15-18,21-26,29,39-40,44-45,57H,13-14,19-20,27-28,30-32H2,1-6H3,(H,56,63)/t39-,40-,44+,45+/m1/s1. The lowest BCUT2D eigenvalue weighted by atomic mass is 9.93. The van der Waals surface area contributed by atoms with Gasteiger partial charge in [0.25, 0.3) is 0 Å². The van der Waals surface area contributed by atoms with Crippen LogP contribution in [0.3, 0.4) is 0 Å². The first-order valence-electron chi connectivity index (χ1n) is 23.0. The number of esters is 2. The van der Waals surface area contributed by atoms with Crippen molar-refractivity contribution >= 4 is 52.0 Å². The van der Waals surface area contributed by atoms with Gasteiger partial charge >= 0.3 is 11.9 Å². The predicted molar refractivity (Wildman–Crippen MR) is 255 cm³/mol. The molecule has 0 bridgehead atoms. The molecule has 4 aromatic carbocycles. The van der Waals surface area contributed by atoms with Gasteiger partial charge < -0.3 is 29.6 Å². The minimum absolute atomic E-state index is 0.0485. The van der Waals surface area contributed by atoms with Crippen LogP contribution >= 0.6 is 0 Å². The maximum atomic E-state index is 14.2. The van der Waals surface area contributed by atoms with Gasteiger partial charge in [-0.2, -0.15) is 5.26 Å². The molecule has 2 aliphatic heterocycles. The third-order valence-electron chi connectivity index (χ3n) is 12.1. The summed E-state index contributed by atoms with van der Waals surface area (Å²) in [5.41, 5.74) is 3.52. The molecule has 1 aromatic heterocycles. The number of likely N-dealkylation sites (tertiary alicyclic amines) is 2. The van der Waals surface area contributed by atoms with Gasteiger partial charge in [0.2, 0.25) is 17.7 Å². The summed E-state index contributed by atoms with van der Waals surface area (Å²) in [5, 5.41) is 14.0. The molecule has 0 spiro atoms. The number of fused-ring (bicyclic) bond motifs is 1. The Bertz CT molecular complexity index is 2670. The number of nitrogens with zero attached hydrogens (tertiary/aromatic N) is 3. The molecule has 0 radical (unpaired) electrons. The quantitative estimate of drug-likeness (QED) is 0.103. The van der Waals surface area contributed by atoms with Crippen molar-refractivity contribution in [2.24, 2.45) is 0 Å².